The van der Waals surface area contributed by atoms with Crippen molar-refractivity contribution in [2.45, 2.75) is 19.1 Å². The first-order chi connectivity index (χ1) is 7.45. The zero-order valence-corrected chi connectivity index (χ0v) is 9.04. The van der Waals surface area contributed by atoms with Crippen LogP contribution in [0, 0.1) is 6.92 Å². The molecule has 0 heterocycles. The smallest absolute Gasteiger partial charge is 0.337 e. The van der Waals surface area contributed by atoms with Gasteiger partial charge in [0.05, 0.1) is 7.11 Å². The lowest BCUT2D eigenvalue weighted by molar-refractivity contribution is -0.156. The summed E-state index contributed by atoms with van der Waals surface area (Å²) in [5, 5.41) is 28.4. The van der Waals surface area contributed by atoms with Crippen LogP contribution in [0.2, 0.25) is 0 Å². The molecule has 0 aliphatic rings. The van der Waals surface area contributed by atoms with Crippen LogP contribution in [0.15, 0.2) is 18.2 Å². The van der Waals surface area contributed by atoms with Crippen LogP contribution in [0.25, 0.3) is 0 Å². The summed E-state index contributed by atoms with van der Waals surface area (Å²) in [5.41, 5.74) is 0.974. The van der Waals surface area contributed by atoms with Gasteiger partial charge in [0.2, 0.25) is 0 Å². The molecule has 2 atom stereocenters. The Balaban J connectivity index is 2.95. The quantitative estimate of drug-likeness (QED) is 0.644. The van der Waals surface area contributed by atoms with Crippen molar-refractivity contribution < 1.29 is 24.9 Å². The summed E-state index contributed by atoms with van der Waals surface area (Å²) in [5.74, 6) is -0.959. The molecule has 5 heteroatoms. The van der Waals surface area contributed by atoms with Gasteiger partial charge in [-0.15, -0.1) is 0 Å². The summed E-state index contributed by atoms with van der Waals surface area (Å²) in [7, 11) is 1.12. The average Bonchev–Trinajstić information content (AvgIpc) is 2.24. The van der Waals surface area contributed by atoms with Gasteiger partial charge in [-0.25, -0.2) is 4.79 Å². The number of aryl methyl sites for hydroxylation is 1. The number of hydrogen-bond donors (Lipinski definition) is 3. The first-order valence-corrected chi connectivity index (χ1v) is 4.70. The van der Waals surface area contributed by atoms with Gasteiger partial charge in [0.1, 0.15) is 11.9 Å². The second kappa shape index (κ2) is 4.96. The van der Waals surface area contributed by atoms with Crippen LogP contribution in [0.5, 0.6) is 5.75 Å². The number of aliphatic hydroxyl groups excluding tert-OH is 2. The highest BCUT2D eigenvalue weighted by Crippen LogP contribution is 2.23. The van der Waals surface area contributed by atoms with Crippen molar-refractivity contribution in [1.29, 1.82) is 0 Å². The molecule has 0 amide bonds. The standard InChI is InChI=1S/C11H14O5/c1-6-3-7(5-8(12)4-6)9(13)10(14)11(15)16-2/h3-5,9-10,12-14H,1-2H3. The minimum absolute atomic E-state index is 0.0360. The maximum Gasteiger partial charge on any atom is 0.337 e. The van der Waals surface area contributed by atoms with Gasteiger partial charge < -0.3 is 20.1 Å². The molecule has 5 nitrogen and oxygen atoms in total. The van der Waals surface area contributed by atoms with Crippen LogP contribution in [0.3, 0.4) is 0 Å². The fourth-order valence-corrected chi connectivity index (χ4v) is 1.39. The molecule has 0 saturated heterocycles. The lowest BCUT2D eigenvalue weighted by atomic mass is 10.0. The molecule has 2 unspecified atom stereocenters. The molecule has 0 saturated carbocycles. The van der Waals surface area contributed by atoms with Crippen LogP contribution < -0.4 is 0 Å². The Morgan fingerprint density at radius 2 is 1.94 bits per heavy atom. The van der Waals surface area contributed by atoms with E-state index in [4.69, 9.17) is 0 Å². The van der Waals surface area contributed by atoms with E-state index in [1.54, 1.807) is 13.0 Å². The number of aliphatic hydroxyl groups is 2. The van der Waals surface area contributed by atoms with Crippen molar-refractivity contribution in [3.63, 3.8) is 0 Å². The Morgan fingerprint density at radius 3 is 2.44 bits per heavy atom. The molecule has 0 aromatic heterocycles. The molecule has 1 aromatic carbocycles. The normalized spacial score (nSPS) is 14.2. The molecule has 3 N–H and O–H groups in total. The van der Waals surface area contributed by atoms with E-state index in [1.807, 2.05) is 0 Å². The fraction of sp³-hybridized carbons (Fsp3) is 0.364. The van der Waals surface area contributed by atoms with Gasteiger partial charge >= 0.3 is 5.97 Å². The molecule has 88 valence electrons. The third-order valence-electron chi connectivity index (χ3n) is 2.17. The number of benzene rings is 1. The molecule has 0 fully saturated rings. The summed E-state index contributed by atoms with van der Waals surface area (Å²) in [4.78, 5) is 11.0. The number of aromatic hydroxyl groups is 1. The predicted molar refractivity (Wildman–Crippen MR) is 55.8 cm³/mol. The highest BCUT2D eigenvalue weighted by atomic mass is 16.5. The Morgan fingerprint density at radius 1 is 1.31 bits per heavy atom. The van der Waals surface area contributed by atoms with Crippen LogP contribution in [-0.2, 0) is 9.53 Å². The van der Waals surface area contributed by atoms with Gasteiger partial charge in [0, 0.05) is 0 Å². The Kier molecular flexibility index (Phi) is 3.87. The number of ether oxygens (including phenoxy) is 1. The van der Waals surface area contributed by atoms with Crippen molar-refractivity contribution in [3.8, 4) is 5.75 Å². The summed E-state index contributed by atoms with van der Waals surface area (Å²) < 4.78 is 4.30. The molecule has 0 bridgehead atoms. The molecular weight excluding hydrogens is 212 g/mol. The second-order valence-electron chi connectivity index (χ2n) is 3.51. The summed E-state index contributed by atoms with van der Waals surface area (Å²) in [6.45, 7) is 1.72. The van der Waals surface area contributed by atoms with E-state index in [1.165, 1.54) is 12.1 Å². The van der Waals surface area contributed by atoms with Crippen molar-refractivity contribution in [3.05, 3.63) is 29.3 Å². The number of carbonyl (C=O) groups excluding carboxylic acids is 1. The van der Waals surface area contributed by atoms with E-state index in [0.717, 1.165) is 7.11 Å². The number of phenols is 1. The summed E-state index contributed by atoms with van der Waals surface area (Å²) in [6.07, 6.45) is -3.08. The fourth-order valence-electron chi connectivity index (χ4n) is 1.39. The third-order valence-corrected chi connectivity index (χ3v) is 2.17. The Labute approximate surface area is 92.9 Å². The van der Waals surface area contributed by atoms with Crippen LogP contribution in [0.4, 0.5) is 0 Å². The number of hydrogen-bond acceptors (Lipinski definition) is 5. The Hall–Kier alpha value is -1.59. The molecule has 16 heavy (non-hydrogen) atoms. The zero-order valence-electron chi connectivity index (χ0n) is 9.04. The molecule has 0 spiro atoms. The van der Waals surface area contributed by atoms with E-state index < -0.39 is 18.2 Å². The lowest BCUT2D eigenvalue weighted by Crippen LogP contribution is -2.29. The number of carbonyl (C=O) groups is 1. The summed E-state index contributed by atoms with van der Waals surface area (Å²) >= 11 is 0. The van der Waals surface area contributed by atoms with Crippen LogP contribution >= 0.6 is 0 Å². The number of esters is 1. The molecule has 0 aliphatic heterocycles. The minimum Gasteiger partial charge on any atom is -0.508 e. The van der Waals surface area contributed by atoms with Gasteiger partial charge in [-0.05, 0) is 30.2 Å². The van der Waals surface area contributed by atoms with Gasteiger partial charge in [0.15, 0.2) is 6.10 Å². The largest absolute Gasteiger partial charge is 0.508 e. The van der Waals surface area contributed by atoms with E-state index in [-0.39, 0.29) is 11.3 Å². The molecule has 1 aromatic rings. The van der Waals surface area contributed by atoms with E-state index in [9.17, 15) is 20.1 Å². The monoisotopic (exact) mass is 226 g/mol. The van der Waals surface area contributed by atoms with Crippen molar-refractivity contribution in [1.82, 2.24) is 0 Å². The van der Waals surface area contributed by atoms with Gasteiger partial charge in [-0.1, -0.05) is 6.07 Å². The molecule has 0 radical (unpaired) electrons. The highest BCUT2D eigenvalue weighted by molar-refractivity contribution is 5.75. The highest BCUT2D eigenvalue weighted by Gasteiger charge is 2.26. The molecule has 1 rings (SSSR count). The van der Waals surface area contributed by atoms with Crippen LogP contribution in [-0.4, -0.2) is 34.5 Å². The van der Waals surface area contributed by atoms with Crippen molar-refractivity contribution in [2.75, 3.05) is 7.11 Å². The Bertz CT molecular complexity index is 368. The van der Waals surface area contributed by atoms with E-state index in [0.29, 0.717) is 5.56 Å². The second-order valence-corrected chi connectivity index (χ2v) is 3.51. The van der Waals surface area contributed by atoms with Crippen molar-refractivity contribution >= 4 is 5.97 Å². The van der Waals surface area contributed by atoms with Crippen molar-refractivity contribution in [2.24, 2.45) is 0 Å². The van der Waals surface area contributed by atoms with Gasteiger partial charge in [-0.3, -0.25) is 0 Å². The number of phenolic OH excluding ortho intramolecular Hbond substituents is 1. The van der Waals surface area contributed by atoms with Crippen LogP contribution in [0.1, 0.15) is 17.2 Å². The average molecular weight is 226 g/mol. The number of rotatable bonds is 3. The SMILES string of the molecule is COC(=O)C(O)C(O)c1cc(C)cc(O)c1. The van der Waals surface area contributed by atoms with E-state index in [2.05, 4.69) is 4.74 Å². The number of methoxy groups -OCH3 is 1. The first-order valence-electron chi connectivity index (χ1n) is 4.70. The first kappa shape index (κ1) is 12.5. The van der Waals surface area contributed by atoms with Gasteiger partial charge in [0.25, 0.3) is 0 Å². The molecule has 0 aliphatic carbocycles. The minimum atomic E-state index is -1.66. The lowest BCUT2D eigenvalue weighted by Gasteiger charge is -2.16. The topological polar surface area (TPSA) is 87.0 Å². The maximum absolute atomic E-state index is 11.0. The van der Waals surface area contributed by atoms with E-state index >= 15 is 0 Å². The predicted octanol–water partition coefficient (Wildman–Crippen LogP) is 0.268. The maximum atomic E-state index is 11.0. The molecular formula is C11H14O5. The summed E-state index contributed by atoms with van der Waals surface area (Å²) in [6, 6.07) is 4.35. The zero-order chi connectivity index (χ0) is 12.3. The van der Waals surface area contributed by atoms with Gasteiger partial charge in [-0.2, -0.15) is 0 Å². The third kappa shape index (κ3) is 2.71.